The largest absolute Gasteiger partial charge is 0.487 e. The zero-order valence-electron chi connectivity index (χ0n) is 15.2. The molecule has 3 rings (SSSR count). The van der Waals surface area contributed by atoms with Gasteiger partial charge in [-0.3, -0.25) is 0 Å². The Kier molecular flexibility index (Phi) is 4.31. The number of rotatable bonds is 3. The maximum absolute atomic E-state index is 6.55. The Morgan fingerprint density at radius 1 is 1.22 bits per heavy atom. The summed E-state index contributed by atoms with van der Waals surface area (Å²) in [6.45, 7) is 12.0. The van der Waals surface area contributed by atoms with Crippen LogP contribution < -0.4 is 4.74 Å². The van der Waals surface area contributed by atoms with Crippen LogP contribution >= 0.6 is 0 Å². The fourth-order valence-electron chi connectivity index (χ4n) is 4.05. The molecule has 2 heteroatoms. The van der Waals surface area contributed by atoms with E-state index in [2.05, 4.69) is 65.0 Å². The number of para-hydroxylation sites is 1. The van der Waals surface area contributed by atoms with Crippen molar-refractivity contribution >= 4 is 0 Å². The molecule has 1 aromatic carbocycles. The average molecular weight is 314 g/mol. The molecule has 23 heavy (non-hydrogen) atoms. The van der Waals surface area contributed by atoms with Gasteiger partial charge >= 0.3 is 0 Å². The van der Waals surface area contributed by atoms with Crippen LogP contribution in [0.5, 0.6) is 5.75 Å². The zero-order chi connectivity index (χ0) is 16.7. The maximum atomic E-state index is 6.55. The van der Waals surface area contributed by atoms with E-state index in [0.29, 0.717) is 5.92 Å². The van der Waals surface area contributed by atoms with Crippen LogP contribution in [-0.4, -0.2) is 12.2 Å². The first-order chi connectivity index (χ1) is 10.8. The molecular weight excluding hydrogens is 284 g/mol. The van der Waals surface area contributed by atoms with Gasteiger partial charge in [-0.15, -0.1) is 0 Å². The Morgan fingerprint density at radius 2 is 1.96 bits per heavy atom. The van der Waals surface area contributed by atoms with Gasteiger partial charge in [-0.1, -0.05) is 43.7 Å². The molecule has 0 aliphatic carbocycles. The van der Waals surface area contributed by atoms with E-state index in [4.69, 9.17) is 9.47 Å². The number of ether oxygens (including phenoxy) is 2. The molecule has 0 radical (unpaired) electrons. The van der Waals surface area contributed by atoms with Crippen LogP contribution in [-0.2, 0) is 4.74 Å². The van der Waals surface area contributed by atoms with Crippen molar-refractivity contribution in [1.29, 1.82) is 0 Å². The molecule has 0 amide bonds. The third-order valence-electron chi connectivity index (χ3n) is 5.34. The fourth-order valence-corrected chi connectivity index (χ4v) is 4.05. The molecule has 3 atom stereocenters. The second kappa shape index (κ2) is 5.98. The number of allylic oxidation sites excluding steroid dienone is 2. The van der Waals surface area contributed by atoms with Crippen LogP contribution in [0.25, 0.3) is 0 Å². The van der Waals surface area contributed by atoms with E-state index in [-0.39, 0.29) is 17.1 Å². The minimum absolute atomic E-state index is 0.164. The highest BCUT2D eigenvalue weighted by Gasteiger charge is 2.51. The molecule has 0 bridgehead atoms. The third-order valence-corrected chi connectivity index (χ3v) is 5.34. The molecule has 1 fully saturated rings. The molecule has 0 unspecified atom stereocenters. The Labute approximate surface area is 140 Å². The SMILES string of the molecule is CC(C)=CCC[C@]1(C)Oc2ccccc2[C@@H]2OCC(C)(C)C[C@@H]21. The van der Waals surface area contributed by atoms with Crippen molar-refractivity contribution in [3.8, 4) is 5.75 Å². The molecule has 0 aromatic heterocycles. The van der Waals surface area contributed by atoms with Gasteiger partial charge in [0, 0.05) is 11.5 Å². The van der Waals surface area contributed by atoms with Crippen molar-refractivity contribution in [2.75, 3.05) is 6.61 Å². The summed E-state index contributed by atoms with van der Waals surface area (Å²) in [5, 5.41) is 0. The first-order valence-electron chi connectivity index (χ1n) is 8.84. The van der Waals surface area contributed by atoms with Gasteiger partial charge in [-0.05, 0) is 51.5 Å². The van der Waals surface area contributed by atoms with E-state index in [1.54, 1.807) is 0 Å². The molecule has 0 saturated carbocycles. The van der Waals surface area contributed by atoms with Crippen LogP contribution in [0.2, 0.25) is 0 Å². The zero-order valence-corrected chi connectivity index (χ0v) is 15.2. The number of fused-ring (bicyclic) bond motifs is 3. The van der Waals surface area contributed by atoms with Gasteiger partial charge in [0.15, 0.2) is 0 Å². The lowest BCUT2D eigenvalue weighted by atomic mass is 9.67. The van der Waals surface area contributed by atoms with E-state index in [9.17, 15) is 0 Å². The summed E-state index contributed by atoms with van der Waals surface area (Å²) in [5.74, 6) is 1.42. The van der Waals surface area contributed by atoms with Gasteiger partial charge < -0.3 is 9.47 Å². The van der Waals surface area contributed by atoms with Gasteiger partial charge in [0.05, 0.1) is 12.7 Å². The monoisotopic (exact) mass is 314 g/mol. The lowest BCUT2D eigenvalue weighted by Crippen LogP contribution is -2.52. The van der Waals surface area contributed by atoms with Crippen LogP contribution in [0.3, 0.4) is 0 Å². The van der Waals surface area contributed by atoms with Gasteiger partial charge in [-0.25, -0.2) is 0 Å². The molecule has 1 aromatic rings. The van der Waals surface area contributed by atoms with E-state index in [0.717, 1.165) is 31.6 Å². The maximum Gasteiger partial charge on any atom is 0.125 e. The van der Waals surface area contributed by atoms with Gasteiger partial charge in [0.2, 0.25) is 0 Å². The lowest BCUT2D eigenvalue weighted by Gasteiger charge is -2.52. The number of hydrogen-bond acceptors (Lipinski definition) is 2. The first kappa shape index (κ1) is 16.6. The van der Waals surface area contributed by atoms with Crippen molar-refractivity contribution < 1.29 is 9.47 Å². The Morgan fingerprint density at radius 3 is 2.70 bits per heavy atom. The van der Waals surface area contributed by atoms with Crippen LogP contribution in [0.4, 0.5) is 0 Å². The minimum Gasteiger partial charge on any atom is -0.487 e. The lowest BCUT2D eigenvalue weighted by molar-refractivity contribution is -0.162. The quantitative estimate of drug-likeness (QED) is 0.667. The Bertz CT molecular complexity index is 598. The molecule has 2 nitrogen and oxygen atoms in total. The predicted molar refractivity (Wildman–Crippen MR) is 94.7 cm³/mol. The van der Waals surface area contributed by atoms with Gasteiger partial charge in [0.1, 0.15) is 11.4 Å². The summed E-state index contributed by atoms with van der Waals surface area (Å²) in [7, 11) is 0. The summed E-state index contributed by atoms with van der Waals surface area (Å²) in [6.07, 6.45) is 5.73. The molecule has 2 aliphatic heterocycles. The molecular formula is C21H30O2. The predicted octanol–water partition coefficient (Wildman–Crippen LogP) is 5.69. The van der Waals surface area contributed by atoms with E-state index < -0.39 is 0 Å². The smallest absolute Gasteiger partial charge is 0.125 e. The highest BCUT2D eigenvalue weighted by atomic mass is 16.5. The number of hydrogen-bond donors (Lipinski definition) is 0. The van der Waals surface area contributed by atoms with Crippen LogP contribution in [0.15, 0.2) is 35.9 Å². The second-order valence-corrected chi connectivity index (χ2v) is 8.48. The summed E-state index contributed by atoms with van der Waals surface area (Å²) in [4.78, 5) is 0. The average Bonchev–Trinajstić information content (AvgIpc) is 2.46. The molecule has 0 spiro atoms. The van der Waals surface area contributed by atoms with Crippen LogP contribution in [0, 0.1) is 11.3 Å². The van der Waals surface area contributed by atoms with Crippen molar-refractivity contribution in [2.24, 2.45) is 11.3 Å². The summed E-state index contributed by atoms with van der Waals surface area (Å²) >= 11 is 0. The standard InChI is InChI=1S/C21H30O2/c1-15(2)9-8-12-21(5)17-13-20(3,4)14-22-19(17)16-10-6-7-11-18(16)23-21/h6-7,9-11,17,19H,8,12-14H2,1-5H3/t17-,19-,21-/m0/s1. The minimum atomic E-state index is -0.164. The normalized spacial score (nSPS) is 31.5. The Balaban J connectivity index is 1.93. The second-order valence-electron chi connectivity index (χ2n) is 8.48. The van der Waals surface area contributed by atoms with Crippen molar-refractivity contribution in [3.63, 3.8) is 0 Å². The molecule has 126 valence electrons. The van der Waals surface area contributed by atoms with Crippen molar-refractivity contribution in [1.82, 2.24) is 0 Å². The Hall–Kier alpha value is -1.28. The van der Waals surface area contributed by atoms with E-state index in [1.807, 2.05) is 0 Å². The number of benzene rings is 1. The fraction of sp³-hybridized carbons (Fsp3) is 0.619. The van der Waals surface area contributed by atoms with Crippen molar-refractivity contribution in [2.45, 2.75) is 65.6 Å². The summed E-state index contributed by atoms with van der Waals surface area (Å²) < 4.78 is 12.9. The third kappa shape index (κ3) is 3.33. The summed E-state index contributed by atoms with van der Waals surface area (Å²) in [6, 6.07) is 8.41. The highest BCUT2D eigenvalue weighted by molar-refractivity contribution is 5.39. The highest BCUT2D eigenvalue weighted by Crippen LogP contribution is 2.54. The van der Waals surface area contributed by atoms with Crippen LogP contribution in [0.1, 0.15) is 65.5 Å². The van der Waals surface area contributed by atoms with E-state index in [1.165, 1.54) is 11.1 Å². The first-order valence-corrected chi connectivity index (χ1v) is 8.84. The molecule has 2 heterocycles. The molecule has 1 saturated heterocycles. The van der Waals surface area contributed by atoms with E-state index >= 15 is 0 Å². The van der Waals surface area contributed by atoms with Gasteiger partial charge in [0.25, 0.3) is 0 Å². The topological polar surface area (TPSA) is 18.5 Å². The van der Waals surface area contributed by atoms with Crippen molar-refractivity contribution in [3.05, 3.63) is 41.5 Å². The van der Waals surface area contributed by atoms with Gasteiger partial charge in [-0.2, -0.15) is 0 Å². The summed E-state index contributed by atoms with van der Waals surface area (Å²) in [5.41, 5.74) is 2.66. The molecule has 2 aliphatic rings. The molecule has 0 N–H and O–H groups in total.